The fourth-order valence-corrected chi connectivity index (χ4v) is 2.30. The molecule has 0 atom stereocenters. The molecule has 1 heterocycles. The van der Waals surface area contributed by atoms with Crippen LogP contribution in [0, 0.1) is 19.7 Å². The van der Waals surface area contributed by atoms with Gasteiger partial charge in [-0.3, -0.25) is 4.98 Å². The van der Waals surface area contributed by atoms with E-state index in [0.29, 0.717) is 10.2 Å². The maximum absolute atomic E-state index is 13.8. The van der Waals surface area contributed by atoms with Crippen molar-refractivity contribution < 1.29 is 9.13 Å². The fourth-order valence-electron chi connectivity index (χ4n) is 1.90. The molecule has 0 bridgehead atoms. The van der Waals surface area contributed by atoms with E-state index in [0.717, 1.165) is 22.6 Å². The van der Waals surface area contributed by atoms with Crippen molar-refractivity contribution in [1.29, 1.82) is 0 Å². The summed E-state index contributed by atoms with van der Waals surface area (Å²) in [5.41, 5.74) is 3.16. The molecule has 0 saturated heterocycles. The van der Waals surface area contributed by atoms with Crippen LogP contribution >= 0.6 is 15.9 Å². The number of hydrogen-bond donors (Lipinski definition) is 1. The third-order valence-corrected chi connectivity index (χ3v) is 3.55. The molecule has 1 aromatic heterocycles. The van der Waals surface area contributed by atoms with Crippen LogP contribution in [0.15, 0.2) is 29.0 Å². The van der Waals surface area contributed by atoms with E-state index < -0.39 is 5.82 Å². The fraction of sp³-hybridized carbons (Fsp3) is 0.214. The van der Waals surface area contributed by atoms with Crippen molar-refractivity contribution in [2.75, 3.05) is 12.4 Å². The molecule has 3 nitrogen and oxygen atoms in total. The van der Waals surface area contributed by atoms with E-state index in [4.69, 9.17) is 4.74 Å². The second-order valence-electron chi connectivity index (χ2n) is 4.19. The van der Waals surface area contributed by atoms with E-state index in [1.165, 1.54) is 6.20 Å². The lowest BCUT2D eigenvalue weighted by Crippen LogP contribution is -2.01. The van der Waals surface area contributed by atoms with Gasteiger partial charge in [-0.2, -0.15) is 0 Å². The van der Waals surface area contributed by atoms with Gasteiger partial charge in [0.15, 0.2) is 5.82 Å². The average Bonchev–Trinajstić information content (AvgIpc) is 2.37. The number of halogens is 2. The molecule has 0 radical (unpaired) electrons. The summed E-state index contributed by atoms with van der Waals surface area (Å²) in [7, 11) is 1.62. The van der Waals surface area contributed by atoms with Crippen molar-refractivity contribution in [1.82, 2.24) is 4.98 Å². The molecular formula is C14H14BrFN2O. The third kappa shape index (κ3) is 2.71. The van der Waals surface area contributed by atoms with Crippen molar-refractivity contribution in [2.45, 2.75) is 13.8 Å². The number of nitrogens with zero attached hydrogens (tertiary/aromatic N) is 1. The van der Waals surface area contributed by atoms with Crippen LogP contribution in [0.4, 0.5) is 15.8 Å². The van der Waals surface area contributed by atoms with E-state index in [2.05, 4.69) is 26.2 Å². The first-order chi connectivity index (χ1) is 9.04. The van der Waals surface area contributed by atoms with Gasteiger partial charge in [0.1, 0.15) is 5.75 Å². The van der Waals surface area contributed by atoms with E-state index in [1.54, 1.807) is 13.3 Å². The van der Waals surface area contributed by atoms with Gasteiger partial charge in [-0.05, 0) is 41.4 Å². The van der Waals surface area contributed by atoms with Crippen LogP contribution in [0.5, 0.6) is 5.75 Å². The predicted molar refractivity (Wildman–Crippen MR) is 77.6 cm³/mol. The molecule has 1 aromatic carbocycles. The number of aromatic nitrogens is 1. The second kappa shape index (κ2) is 5.57. The molecule has 0 aliphatic rings. The van der Waals surface area contributed by atoms with Gasteiger partial charge in [0.05, 0.1) is 23.5 Å². The zero-order valence-corrected chi connectivity index (χ0v) is 12.5. The molecule has 0 unspecified atom stereocenters. The summed E-state index contributed by atoms with van der Waals surface area (Å²) in [5.74, 6) is 0.356. The Morgan fingerprint density at radius 1 is 1.21 bits per heavy atom. The minimum absolute atomic E-state index is 0.370. The van der Waals surface area contributed by atoms with Gasteiger partial charge in [-0.25, -0.2) is 4.39 Å². The Hall–Kier alpha value is -1.62. The zero-order valence-electron chi connectivity index (χ0n) is 10.9. The summed E-state index contributed by atoms with van der Waals surface area (Å²) >= 11 is 3.29. The van der Waals surface area contributed by atoms with Crippen molar-refractivity contribution >= 4 is 27.3 Å². The topological polar surface area (TPSA) is 34.1 Å². The number of benzene rings is 1. The molecule has 0 spiro atoms. The van der Waals surface area contributed by atoms with E-state index in [9.17, 15) is 4.39 Å². The molecule has 0 amide bonds. The van der Waals surface area contributed by atoms with Crippen molar-refractivity contribution in [2.24, 2.45) is 0 Å². The van der Waals surface area contributed by atoms with Crippen LogP contribution in [-0.2, 0) is 0 Å². The SMILES string of the molecule is COc1ccc(C)c(Nc2c(F)cncc2Br)c1C. The number of anilines is 2. The van der Waals surface area contributed by atoms with Crippen LogP contribution < -0.4 is 10.1 Å². The van der Waals surface area contributed by atoms with Gasteiger partial charge >= 0.3 is 0 Å². The summed E-state index contributed by atoms with van der Waals surface area (Å²) in [6, 6.07) is 3.83. The van der Waals surface area contributed by atoms with E-state index in [-0.39, 0.29) is 0 Å². The molecular weight excluding hydrogens is 311 g/mol. The van der Waals surface area contributed by atoms with Crippen LogP contribution in [-0.4, -0.2) is 12.1 Å². The van der Waals surface area contributed by atoms with Gasteiger partial charge in [-0.1, -0.05) is 6.07 Å². The average molecular weight is 325 g/mol. The van der Waals surface area contributed by atoms with Crippen molar-refractivity contribution in [3.63, 3.8) is 0 Å². The number of methoxy groups -OCH3 is 1. The number of ether oxygens (including phenoxy) is 1. The normalized spacial score (nSPS) is 10.4. The maximum Gasteiger partial charge on any atom is 0.166 e. The largest absolute Gasteiger partial charge is 0.496 e. The quantitative estimate of drug-likeness (QED) is 0.911. The Labute approximate surface area is 119 Å². The summed E-state index contributed by atoms with van der Waals surface area (Å²) in [6.45, 7) is 3.89. The third-order valence-electron chi connectivity index (χ3n) is 2.95. The first-order valence-electron chi connectivity index (χ1n) is 5.74. The molecule has 0 aliphatic carbocycles. The Balaban J connectivity index is 2.49. The lowest BCUT2D eigenvalue weighted by Gasteiger charge is -2.16. The smallest absolute Gasteiger partial charge is 0.166 e. The van der Waals surface area contributed by atoms with Crippen molar-refractivity contribution in [3.05, 3.63) is 45.9 Å². The molecule has 100 valence electrons. The molecule has 0 aliphatic heterocycles. The predicted octanol–water partition coefficient (Wildman–Crippen LogP) is 4.35. The highest BCUT2D eigenvalue weighted by molar-refractivity contribution is 9.10. The van der Waals surface area contributed by atoms with Crippen LogP contribution in [0.2, 0.25) is 0 Å². The Bertz CT molecular complexity index is 596. The van der Waals surface area contributed by atoms with Crippen molar-refractivity contribution in [3.8, 4) is 5.75 Å². The molecule has 2 aromatic rings. The van der Waals surface area contributed by atoms with Crippen LogP contribution in [0.1, 0.15) is 11.1 Å². The van der Waals surface area contributed by atoms with Crippen LogP contribution in [0.25, 0.3) is 0 Å². The first-order valence-corrected chi connectivity index (χ1v) is 6.54. The molecule has 0 saturated carbocycles. The number of rotatable bonds is 3. The number of aryl methyl sites for hydroxylation is 1. The van der Waals surface area contributed by atoms with Gasteiger partial charge in [-0.15, -0.1) is 0 Å². The molecule has 19 heavy (non-hydrogen) atoms. The Kier molecular flexibility index (Phi) is 4.04. The Morgan fingerprint density at radius 2 is 1.95 bits per heavy atom. The van der Waals surface area contributed by atoms with Gasteiger partial charge in [0, 0.05) is 17.4 Å². The Morgan fingerprint density at radius 3 is 2.58 bits per heavy atom. The van der Waals surface area contributed by atoms with E-state index >= 15 is 0 Å². The minimum Gasteiger partial charge on any atom is -0.496 e. The second-order valence-corrected chi connectivity index (χ2v) is 5.04. The zero-order chi connectivity index (χ0) is 14.0. The lowest BCUT2D eigenvalue weighted by atomic mass is 10.1. The molecule has 5 heteroatoms. The summed E-state index contributed by atoms with van der Waals surface area (Å²) in [4.78, 5) is 3.78. The number of hydrogen-bond acceptors (Lipinski definition) is 3. The van der Waals surface area contributed by atoms with Gasteiger partial charge in [0.25, 0.3) is 0 Å². The minimum atomic E-state index is -0.406. The lowest BCUT2D eigenvalue weighted by molar-refractivity contribution is 0.412. The standard InChI is InChI=1S/C14H14BrFN2O/c1-8-4-5-12(19-3)9(2)13(8)18-14-10(15)6-17-7-11(14)16/h4-7H,1-3H3,(H,17,18). The van der Waals surface area contributed by atoms with Gasteiger partial charge < -0.3 is 10.1 Å². The number of pyridine rings is 1. The summed E-state index contributed by atoms with van der Waals surface area (Å²) in [6.07, 6.45) is 2.73. The highest BCUT2D eigenvalue weighted by atomic mass is 79.9. The highest BCUT2D eigenvalue weighted by Gasteiger charge is 2.12. The first kappa shape index (κ1) is 13.8. The highest BCUT2D eigenvalue weighted by Crippen LogP contribution is 2.34. The van der Waals surface area contributed by atoms with Crippen LogP contribution in [0.3, 0.4) is 0 Å². The molecule has 0 fully saturated rings. The van der Waals surface area contributed by atoms with Gasteiger partial charge in [0.2, 0.25) is 0 Å². The number of nitrogens with one attached hydrogen (secondary N) is 1. The summed E-state index contributed by atoms with van der Waals surface area (Å²) < 4.78 is 19.7. The monoisotopic (exact) mass is 324 g/mol. The molecule has 1 N–H and O–H groups in total. The van der Waals surface area contributed by atoms with E-state index in [1.807, 2.05) is 26.0 Å². The molecule has 2 rings (SSSR count). The maximum atomic E-state index is 13.8. The summed E-state index contributed by atoms with van der Waals surface area (Å²) in [5, 5.41) is 3.11.